The first-order valence-electron chi connectivity index (χ1n) is 9.34. The summed E-state index contributed by atoms with van der Waals surface area (Å²) in [6.07, 6.45) is 0. The highest BCUT2D eigenvalue weighted by Crippen LogP contribution is 2.23. The molecule has 3 heterocycles. The van der Waals surface area contributed by atoms with Gasteiger partial charge in [-0.05, 0) is 32.0 Å². The van der Waals surface area contributed by atoms with Crippen LogP contribution in [0.2, 0.25) is 0 Å². The Morgan fingerprint density at radius 1 is 1.17 bits per heavy atom. The van der Waals surface area contributed by atoms with Crippen LogP contribution < -0.4 is 16.0 Å². The van der Waals surface area contributed by atoms with Crippen LogP contribution in [0, 0.1) is 6.92 Å². The van der Waals surface area contributed by atoms with Crippen molar-refractivity contribution in [1.82, 2.24) is 19.3 Å². The van der Waals surface area contributed by atoms with Gasteiger partial charge in [0.2, 0.25) is 16.0 Å². The van der Waals surface area contributed by atoms with Crippen molar-refractivity contribution in [3.8, 4) is 0 Å². The maximum absolute atomic E-state index is 13.0. The number of anilines is 2. The second-order valence-electron chi connectivity index (χ2n) is 6.79. The normalized spacial score (nSPS) is 15.7. The standard InChI is InChI=1S/C18H22N6O4S/c1-3-19-16-10-12(2)20-17(22-16)23-6-8-24(9-7-23)29(26,27)13-4-5-15-14(11-13)21-18(25)28-15/h4-5,10-11H,3,6-9H2,1-2H3,(H,21,25)(H,19,20,22). The van der Waals surface area contributed by atoms with Gasteiger partial charge in [-0.1, -0.05) is 0 Å². The van der Waals surface area contributed by atoms with Crippen molar-refractivity contribution in [2.24, 2.45) is 0 Å². The highest BCUT2D eigenvalue weighted by Gasteiger charge is 2.30. The molecule has 1 saturated heterocycles. The molecule has 154 valence electrons. The SMILES string of the molecule is CCNc1cc(C)nc(N2CCN(S(=O)(=O)c3ccc4oc(=O)[nH]c4c3)CC2)n1. The molecule has 0 unspecified atom stereocenters. The Labute approximate surface area is 167 Å². The lowest BCUT2D eigenvalue weighted by molar-refractivity contribution is 0.382. The first-order chi connectivity index (χ1) is 13.9. The molecule has 2 aromatic heterocycles. The molecule has 3 aromatic rings. The summed E-state index contributed by atoms with van der Waals surface area (Å²) < 4.78 is 32.4. The zero-order chi connectivity index (χ0) is 20.6. The first kappa shape index (κ1) is 19.4. The van der Waals surface area contributed by atoms with Crippen molar-refractivity contribution in [2.45, 2.75) is 18.7 Å². The minimum absolute atomic E-state index is 0.122. The molecular formula is C18H22N6O4S. The van der Waals surface area contributed by atoms with Crippen molar-refractivity contribution < 1.29 is 12.8 Å². The first-order valence-corrected chi connectivity index (χ1v) is 10.8. The number of aromatic nitrogens is 3. The minimum Gasteiger partial charge on any atom is -0.408 e. The highest BCUT2D eigenvalue weighted by atomic mass is 32.2. The number of hydrogen-bond donors (Lipinski definition) is 2. The quantitative estimate of drug-likeness (QED) is 0.633. The summed E-state index contributed by atoms with van der Waals surface area (Å²) in [5, 5.41) is 3.18. The molecule has 0 spiro atoms. The number of H-pyrrole nitrogens is 1. The minimum atomic E-state index is -3.69. The van der Waals surface area contributed by atoms with E-state index in [1.54, 1.807) is 0 Å². The number of oxazole rings is 1. The van der Waals surface area contributed by atoms with Gasteiger partial charge in [-0.25, -0.2) is 18.2 Å². The number of hydrogen-bond acceptors (Lipinski definition) is 8. The summed E-state index contributed by atoms with van der Waals surface area (Å²) in [6, 6.07) is 6.24. The number of aryl methyl sites for hydroxylation is 1. The molecule has 0 aliphatic carbocycles. The zero-order valence-corrected chi connectivity index (χ0v) is 17.0. The number of nitrogens with zero attached hydrogens (tertiary/aromatic N) is 4. The molecule has 0 saturated carbocycles. The molecule has 1 aliphatic rings. The highest BCUT2D eigenvalue weighted by molar-refractivity contribution is 7.89. The van der Waals surface area contributed by atoms with Gasteiger partial charge in [0.15, 0.2) is 5.58 Å². The number of rotatable bonds is 5. The largest absolute Gasteiger partial charge is 0.417 e. The van der Waals surface area contributed by atoms with E-state index in [0.29, 0.717) is 43.2 Å². The fourth-order valence-corrected chi connectivity index (χ4v) is 4.78. The summed E-state index contributed by atoms with van der Waals surface area (Å²) in [6.45, 7) is 6.26. The monoisotopic (exact) mass is 418 g/mol. The van der Waals surface area contributed by atoms with Gasteiger partial charge in [0, 0.05) is 44.5 Å². The molecule has 11 heteroatoms. The summed E-state index contributed by atoms with van der Waals surface area (Å²) in [5.74, 6) is 0.737. The van der Waals surface area contributed by atoms with Crippen LogP contribution in [-0.4, -0.2) is 60.4 Å². The third-order valence-electron chi connectivity index (χ3n) is 4.75. The van der Waals surface area contributed by atoms with Crippen LogP contribution in [0.5, 0.6) is 0 Å². The number of aromatic amines is 1. The molecule has 0 bridgehead atoms. The molecule has 4 rings (SSSR count). The van der Waals surface area contributed by atoms with E-state index in [4.69, 9.17) is 4.42 Å². The van der Waals surface area contributed by atoms with Crippen molar-refractivity contribution in [3.05, 3.63) is 40.5 Å². The molecule has 1 fully saturated rings. The van der Waals surface area contributed by atoms with Crippen LogP contribution in [0.1, 0.15) is 12.6 Å². The fourth-order valence-electron chi connectivity index (χ4n) is 3.34. The average molecular weight is 418 g/mol. The number of sulfonamides is 1. The molecule has 0 atom stereocenters. The third-order valence-corrected chi connectivity index (χ3v) is 6.64. The summed E-state index contributed by atoms with van der Waals surface area (Å²) >= 11 is 0. The van der Waals surface area contributed by atoms with Crippen LogP contribution in [0.4, 0.5) is 11.8 Å². The van der Waals surface area contributed by atoms with Gasteiger partial charge < -0.3 is 14.6 Å². The van der Waals surface area contributed by atoms with Crippen molar-refractivity contribution in [2.75, 3.05) is 42.9 Å². The van der Waals surface area contributed by atoms with Gasteiger partial charge in [0.25, 0.3) is 0 Å². The number of nitrogens with one attached hydrogen (secondary N) is 2. The van der Waals surface area contributed by atoms with Gasteiger partial charge in [-0.2, -0.15) is 9.29 Å². The Hall–Kier alpha value is -2.92. The number of benzene rings is 1. The average Bonchev–Trinajstić information content (AvgIpc) is 3.07. The van der Waals surface area contributed by atoms with Crippen LogP contribution >= 0.6 is 0 Å². The lowest BCUT2D eigenvalue weighted by Gasteiger charge is -2.34. The van der Waals surface area contributed by atoms with E-state index in [9.17, 15) is 13.2 Å². The Kier molecular flexibility index (Phi) is 5.01. The van der Waals surface area contributed by atoms with E-state index in [1.807, 2.05) is 24.8 Å². The van der Waals surface area contributed by atoms with E-state index in [0.717, 1.165) is 18.1 Å². The maximum atomic E-state index is 13.0. The summed E-state index contributed by atoms with van der Waals surface area (Å²) in [4.78, 5) is 24.9. The molecule has 1 aromatic carbocycles. The Morgan fingerprint density at radius 3 is 2.66 bits per heavy atom. The zero-order valence-electron chi connectivity index (χ0n) is 16.2. The smallest absolute Gasteiger partial charge is 0.408 e. The molecule has 29 heavy (non-hydrogen) atoms. The predicted octanol–water partition coefficient (Wildman–Crippen LogP) is 1.16. The third kappa shape index (κ3) is 3.83. The molecule has 1 aliphatic heterocycles. The van der Waals surface area contributed by atoms with Gasteiger partial charge in [-0.15, -0.1) is 0 Å². The van der Waals surface area contributed by atoms with Gasteiger partial charge in [0.05, 0.1) is 10.4 Å². The molecule has 0 amide bonds. The summed E-state index contributed by atoms with van der Waals surface area (Å²) in [7, 11) is -3.69. The Morgan fingerprint density at radius 2 is 1.93 bits per heavy atom. The van der Waals surface area contributed by atoms with E-state index < -0.39 is 15.8 Å². The molecule has 0 radical (unpaired) electrons. The summed E-state index contributed by atoms with van der Waals surface area (Å²) in [5.41, 5.74) is 1.54. The Balaban J connectivity index is 1.51. The van der Waals surface area contributed by atoms with Gasteiger partial charge in [0.1, 0.15) is 5.82 Å². The molecule has 2 N–H and O–H groups in total. The van der Waals surface area contributed by atoms with E-state index in [-0.39, 0.29) is 4.90 Å². The number of fused-ring (bicyclic) bond motifs is 1. The van der Waals surface area contributed by atoms with Crippen LogP contribution in [0.3, 0.4) is 0 Å². The van der Waals surface area contributed by atoms with E-state index >= 15 is 0 Å². The fraction of sp³-hybridized carbons (Fsp3) is 0.389. The van der Waals surface area contributed by atoms with Crippen LogP contribution in [0.25, 0.3) is 11.1 Å². The molecule has 10 nitrogen and oxygen atoms in total. The maximum Gasteiger partial charge on any atom is 0.417 e. The van der Waals surface area contributed by atoms with Crippen molar-refractivity contribution in [1.29, 1.82) is 0 Å². The van der Waals surface area contributed by atoms with Crippen LogP contribution in [-0.2, 0) is 10.0 Å². The lowest BCUT2D eigenvalue weighted by Crippen LogP contribution is -2.49. The second kappa shape index (κ2) is 7.48. The van der Waals surface area contributed by atoms with Crippen molar-refractivity contribution in [3.63, 3.8) is 0 Å². The van der Waals surface area contributed by atoms with E-state index in [1.165, 1.54) is 22.5 Å². The van der Waals surface area contributed by atoms with Crippen LogP contribution in [0.15, 0.2) is 38.4 Å². The van der Waals surface area contributed by atoms with E-state index in [2.05, 4.69) is 20.3 Å². The van der Waals surface area contributed by atoms with Gasteiger partial charge in [-0.3, -0.25) is 4.98 Å². The molecular weight excluding hydrogens is 396 g/mol. The van der Waals surface area contributed by atoms with Gasteiger partial charge >= 0.3 is 5.76 Å². The second-order valence-corrected chi connectivity index (χ2v) is 8.73. The lowest BCUT2D eigenvalue weighted by atomic mass is 10.3. The topological polar surface area (TPSA) is 124 Å². The van der Waals surface area contributed by atoms with Crippen molar-refractivity contribution >= 4 is 32.9 Å². The Bertz CT molecular complexity index is 1190. The predicted molar refractivity (Wildman–Crippen MR) is 109 cm³/mol. The number of piperazine rings is 1.